The van der Waals surface area contributed by atoms with Gasteiger partial charge in [-0.3, -0.25) is 0 Å². The largest absolute Gasteiger partial charge is 0.453 e. The first-order valence-electron chi connectivity index (χ1n) is 10.0. The molecular formula is C26H20F3NO. The Morgan fingerprint density at radius 2 is 1.61 bits per heavy atom. The predicted molar refractivity (Wildman–Crippen MR) is 118 cm³/mol. The molecule has 3 aromatic rings. The Labute approximate surface area is 178 Å². The van der Waals surface area contributed by atoms with Gasteiger partial charge in [0.05, 0.1) is 5.54 Å². The van der Waals surface area contributed by atoms with E-state index in [1.54, 1.807) is 18.2 Å². The number of halogens is 3. The van der Waals surface area contributed by atoms with Crippen molar-refractivity contribution in [1.82, 2.24) is 0 Å². The van der Waals surface area contributed by atoms with E-state index in [2.05, 4.69) is 25.2 Å². The molecule has 0 saturated heterocycles. The number of hydrogen-bond donors (Lipinski definition) is 1. The van der Waals surface area contributed by atoms with Gasteiger partial charge in [0, 0.05) is 28.4 Å². The molecular weight excluding hydrogens is 399 g/mol. The molecule has 2 nitrogen and oxygen atoms in total. The molecule has 2 aliphatic heterocycles. The number of hydrogen-bond acceptors (Lipinski definition) is 2. The topological polar surface area (TPSA) is 21.3 Å². The van der Waals surface area contributed by atoms with Crippen LogP contribution in [0.1, 0.15) is 37.5 Å². The van der Waals surface area contributed by atoms with Crippen molar-refractivity contribution < 1.29 is 17.9 Å². The summed E-state index contributed by atoms with van der Waals surface area (Å²) in [6, 6.07) is 11.9. The van der Waals surface area contributed by atoms with Crippen molar-refractivity contribution >= 4 is 23.1 Å². The molecule has 0 saturated carbocycles. The van der Waals surface area contributed by atoms with Crippen LogP contribution in [0, 0.1) is 17.5 Å². The summed E-state index contributed by atoms with van der Waals surface area (Å²) in [6.45, 7) is 6.16. The summed E-state index contributed by atoms with van der Waals surface area (Å²) in [7, 11) is 0. The lowest BCUT2D eigenvalue weighted by Gasteiger charge is -2.35. The van der Waals surface area contributed by atoms with Crippen LogP contribution < -0.4 is 10.1 Å². The van der Waals surface area contributed by atoms with Crippen molar-refractivity contribution in [2.24, 2.45) is 0 Å². The lowest BCUT2D eigenvalue weighted by Crippen LogP contribution is -2.32. The highest BCUT2D eigenvalue weighted by Crippen LogP contribution is 2.50. The summed E-state index contributed by atoms with van der Waals surface area (Å²) in [4.78, 5) is 0. The van der Waals surface area contributed by atoms with E-state index >= 15 is 0 Å². The van der Waals surface area contributed by atoms with Gasteiger partial charge in [-0.05, 0) is 67.8 Å². The molecule has 0 unspecified atom stereocenters. The highest BCUT2D eigenvalue weighted by atomic mass is 19.1. The Morgan fingerprint density at radius 3 is 2.35 bits per heavy atom. The number of fused-ring (bicyclic) bond motifs is 5. The zero-order valence-corrected chi connectivity index (χ0v) is 17.3. The van der Waals surface area contributed by atoms with Gasteiger partial charge in [-0.1, -0.05) is 24.3 Å². The minimum Gasteiger partial charge on any atom is -0.453 e. The van der Waals surface area contributed by atoms with Crippen LogP contribution in [-0.2, 0) is 0 Å². The van der Waals surface area contributed by atoms with Crippen molar-refractivity contribution in [3.63, 3.8) is 0 Å². The molecule has 0 spiro atoms. The zero-order valence-electron chi connectivity index (χ0n) is 17.3. The average Bonchev–Trinajstić information content (AvgIpc) is 2.69. The molecule has 1 N–H and O–H groups in total. The second-order valence-electron chi connectivity index (χ2n) is 8.51. The second kappa shape index (κ2) is 6.77. The molecule has 0 aliphatic carbocycles. The van der Waals surface area contributed by atoms with Gasteiger partial charge < -0.3 is 10.1 Å². The van der Waals surface area contributed by atoms with E-state index in [0.717, 1.165) is 28.5 Å². The summed E-state index contributed by atoms with van der Waals surface area (Å²) in [5, 5.41) is 3.50. The quantitative estimate of drug-likeness (QED) is 0.448. The third kappa shape index (κ3) is 3.30. The van der Waals surface area contributed by atoms with Gasteiger partial charge >= 0.3 is 0 Å². The molecule has 0 amide bonds. The maximum Gasteiger partial charge on any atom is 0.171 e. The summed E-state index contributed by atoms with van der Waals surface area (Å²) in [5.74, 6) is -1.38. The predicted octanol–water partition coefficient (Wildman–Crippen LogP) is 7.27. The summed E-state index contributed by atoms with van der Waals surface area (Å²) in [6.07, 6.45) is 3.87. The van der Waals surface area contributed by atoms with Gasteiger partial charge in [0.25, 0.3) is 0 Å². The molecule has 0 aromatic heterocycles. The van der Waals surface area contributed by atoms with Crippen LogP contribution in [0.3, 0.4) is 0 Å². The minimum atomic E-state index is -0.769. The standard InChI is InChI=1S/C26H20F3NO/c1-14-13-26(2,3)30-21-9-8-18-19-11-17(28)12-20(29)25(19)31-22(24(18)23(14)21)10-15-4-6-16(27)7-5-15/h4-13,30H,1-3H3. The maximum absolute atomic E-state index is 14.6. The molecule has 0 atom stereocenters. The van der Waals surface area contributed by atoms with E-state index in [9.17, 15) is 13.2 Å². The maximum atomic E-state index is 14.6. The Bertz CT molecular complexity index is 1290. The average molecular weight is 419 g/mol. The minimum absolute atomic E-state index is 0.0204. The zero-order chi connectivity index (χ0) is 21.9. The fourth-order valence-electron chi connectivity index (χ4n) is 4.43. The number of rotatable bonds is 1. The molecule has 5 rings (SSSR count). The van der Waals surface area contributed by atoms with E-state index < -0.39 is 11.6 Å². The first-order valence-corrected chi connectivity index (χ1v) is 10.0. The van der Waals surface area contributed by atoms with Crippen LogP contribution in [0.5, 0.6) is 5.75 Å². The van der Waals surface area contributed by atoms with Crippen molar-refractivity contribution in [2.75, 3.05) is 5.32 Å². The SMILES string of the molecule is CC1=CC(C)(C)Nc2ccc3c(c21)C(=Cc1ccc(F)cc1)Oc1c(F)cc(F)cc1-3. The van der Waals surface area contributed by atoms with Crippen LogP contribution in [0.25, 0.3) is 28.5 Å². The van der Waals surface area contributed by atoms with Crippen molar-refractivity contribution in [3.8, 4) is 16.9 Å². The third-order valence-electron chi connectivity index (χ3n) is 5.56. The monoisotopic (exact) mass is 419 g/mol. The van der Waals surface area contributed by atoms with Crippen LogP contribution >= 0.6 is 0 Å². The molecule has 0 radical (unpaired) electrons. The Morgan fingerprint density at radius 1 is 0.871 bits per heavy atom. The fourth-order valence-corrected chi connectivity index (χ4v) is 4.43. The van der Waals surface area contributed by atoms with Gasteiger partial charge in [-0.2, -0.15) is 0 Å². The van der Waals surface area contributed by atoms with Crippen molar-refractivity contribution in [2.45, 2.75) is 26.3 Å². The van der Waals surface area contributed by atoms with E-state index in [1.165, 1.54) is 18.2 Å². The van der Waals surface area contributed by atoms with Gasteiger partial charge in [-0.15, -0.1) is 0 Å². The molecule has 2 heterocycles. The number of benzene rings is 3. The van der Waals surface area contributed by atoms with Crippen LogP contribution in [0.2, 0.25) is 0 Å². The highest BCUT2D eigenvalue weighted by molar-refractivity contribution is 6.00. The van der Waals surface area contributed by atoms with Gasteiger partial charge in [-0.25, -0.2) is 13.2 Å². The highest BCUT2D eigenvalue weighted by Gasteiger charge is 2.32. The normalized spacial score (nSPS) is 17.1. The van der Waals surface area contributed by atoms with Gasteiger partial charge in [0.1, 0.15) is 17.4 Å². The third-order valence-corrected chi connectivity index (χ3v) is 5.56. The van der Waals surface area contributed by atoms with Gasteiger partial charge in [0.2, 0.25) is 0 Å². The molecule has 0 bridgehead atoms. The molecule has 3 aromatic carbocycles. The second-order valence-corrected chi connectivity index (χ2v) is 8.51. The summed E-state index contributed by atoms with van der Waals surface area (Å²) < 4.78 is 48.1. The van der Waals surface area contributed by atoms with E-state index in [4.69, 9.17) is 4.74 Å². The number of allylic oxidation sites excluding steroid dienone is 1. The summed E-state index contributed by atoms with van der Waals surface area (Å²) >= 11 is 0. The van der Waals surface area contributed by atoms with Crippen LogP contribution in [-0.4, -0.2) is 5.54 Å². The Kier molecular flexibility index (Phi) is 4.26. The smallest absolute Gasteiger partial charge is 0.171 e. The van der Waals surface area contributed by atoms with E-state index in [-0.39, 0.29) is 17.1 Å². The Hall–Kier alpha value is -3.47. The molecule has 156 valence electrons. The van der Waals surface area contributed by atoms with Crippen LogP contribution in [0.15, 0.2) is 54.6 Å². The fraction of sp³-hybridized carbons (Fsp3) is 0.154. The van der Waals surface area contributed by atoms with E-state index in [0.29, 0.717) is 22.4 Å². The molecule has 0 fully saturated rings. The molecule has 31 heavy (non-hydrogen) atoms. The number of nitrogens with one attached hydrogen (secondary N) is 1. The Balaban J connectivity index is 1.82. The van der Waals surface area contributed by atoms with Crippen LogP contribution in [0.4, 0.5) is 18.9 Å². The molecule has 2 aliphatic rings. The lowest BCUT2D eigenvalue weighted by atomic mass is 9.83. The van der Waals surface area contributed by atoms with Gasteiger partial charge in [0.15, 0.2) is 11.6 Å². The van der Waals surface area contributed by atoms with Crippen molar-refractivity contribution in [3.05, 3.63) is 88.7 Å². The first-order chi connectivity index (χ1) is 14.7. The van der Waals surface area contributed by atoms with E-state index in [1.807, 2.05) is 19.1 Å². The molecule has 5 heteroatoms. The summed E-state index contributed by atoms with van der Waals surface area (Å²) in [5.41, 5.74) is 5.12. The first kappa shape index (κ1) is 19.5. The number of ether oxygens (including phenoxy) is 1. The lowest BCUT2D eigenvalue weighted by molar-refractivity contribution is 0.460. The number of anilines is 1. The van der Waals surface area contributed by atoms with Crippen molar-refractivity contribution in [1.29, 1.82) is 0 Å².